The van der Waals surface area contributed by atoms with Crippen molar-refractivity contribution in [3.8, 4) is 11.4 Å². The predicted molar refractivity (Wildman–Crippen MR) is 56.0 cm³/mol. The van der Waals surface area contributed by atoms with Crippen molar-refractivity contribution in [3.05, 3.63) is 42.5 Å². The van der Waals surface area contributed by atoms with Crippen LogP contribution in [0.1, 0.15) is 5.82 Å². The lowest BCUT2D eigenvalue weighted by molar-refractivity contribution is 0.177. The molecular weight excluding hydrogens is 190 g/mol. The Balaban J connectivity index is 2.33. The molecule has 0 aliphatic carbocycles. The van der Waals surface area contributed by atoms with Crippen LogP contribution in [-0.4, -0.2) is 22.1 Å². The zero-order chi connectivity index (χ0) is 10.5. The monoisotopic (exact) mass is 201 g/mol. The maximum atomic E-state index is 4.97. The molecule has 0 aliphatic heterocycles. The van der Waals surface area contributed by atoms with Crippen molar-refractivity contribution in [3.63, 3.8) is 0 Å². The summed E-state index contributed by atoms with van der Waals surface area (Å²) in [4.78, 5) is 12.4. The topological polar surface area (TPSA) is 47.9 Å². The molecule has 2 aromatic rings. The maximum Gasteiger partial charge on any atom is 0.163 e. The molecule has 0 saturated carbocycles. The molecule has 2 rings (SSSR count). The van der Waals surface area contributed by atoms with E-state index < -0.39 is 0 Å². The molecule has 4 heteroatoms. The van der Waals surface area contributed by atoms with Crippen LogP contribution in [0.15, 0.2) is 36.7 Å². The molecule has 15 heavy (non-hydrogen) atoms. The fourth-order valence-electron chi connectivity index (χ4n) is 1.26. The second-order valence-electron chi connectivity index (χ2n) is 3.02. The molecule has 0 amide bonds. The van der Waals surface area contributed by atoms with E-state index in [2.05, 4.69) is 15.0 Å². The number of rotatable bonds is 3. The van der Waals surface area contributed by atoms with Crippen LogP contribution < -0.4 is 0 Å². The number of methoxy groups -OCH3 is 1. The summed E-state index contributed by atoms with van der Waals surface area (Å²) in [5.41, 5.74) is 0.984. The molecule has 4 nitrogen and oxygen atoms in total. The molecule has 1 aromatic heterocycles. The van der Waals surface area contributed by atoms with E-state index in [4.69, 9.17) is 4.74 Å². The third-order valence-electron chi connectivity index (χ3n) is 1.93. The fourth-order valence-corrected chi connectivity index (χ4v) is 1.26. The molecule has 0 spiro atoms. The van der Waals surface area contributed by atoms with E-state index in [1.165, 1.54) is 6.33 Å². The summed E-state index contributed by atoms with van der Waals surface area (Å²) in [5.74, 6) is 1.32. The largest absolute Gasteiger partial charge is 0.377 e. The van der Waals surface area contributed by atoms with Gasteiger partial charge in [0.25, 0.3) is 0 Å². The van der Waals surface area contributed by atoms with Gasteiger partial charge in [0.2, 0.25) is 0 Å². The average molecular weight is 201 g/mol. The second kappa shape index (κ2) is 4.61. The van der Waals surface area contributed by atoms with E-state index in [1.807, 2.05) is 30.3 Å². The second-order valence-corrected chi connectivity index (χ2v) is 3.02. The molecule has 0 saturated heterocycles. The molecule has 0 aliphatic rings. The van der Waals surface area contributed by atoms with Crippen LogP contribution in [0, 0.1) is 0 Å². The first-order valence-electron chi connectivity index (χ1n) is 4.62. The first kappa shape index (κ1) is 9.73. The van der Waals surface area contributed by atoms with Gasteiger partial charge in [-0.3, -0.25) is 0 Å². The van der Waals surface area contributed by atoms with E-state index in [0.29, 0.717) is 18.3 Å². The number of ether oxygens (including phenoxy) is 1. The Hall–Kier alpha value is -1.81. The van der Waals surface area contributed by atoms with Gasteiger partial charge >= 0.3 is 0 Å². The molecule has 0 radical (unpaired) electrons. The Kier molecular flexibility index (Phi) is 2.99. The third-order valence-corrected chi connectivity index (χ3v) is 1.93. The Morgan fingerprint density at radius 1 is 1.13 bits per heavy atom. The first-order valence-corrected chi connectivity index (χ1v) is 4.62. The zero-order valence-corrected chi connectivity index (χ0v) is 8.42. The van der Waals surface area contributed by atoms with Crippen molar-refractivity contribution in [2.24, 2.45) is 0 Å². The van der Waals surface area contributed by atoms with Crippen molar-refractivity contribution in [1.29, 1.82) is 0 Å². The normalized spacial score (nSPS) is 10.2. The van der Waals surface area contributed by atoms with Gasteiger partial charge in [0, 0.05) is 12.7 Å². The Morgan fingerprint density at radius 2 is 1.93 bits per heavy atom. The molecule has 1 aromatic carbocycles. The molecule has 0 unspecified atom stereocenters. The standard InChI is InChI=1S/C11H11N3O/c1-15-7-10-12-8-13-11(14-10)9-5-3-2-4-6-9/h2-6,8H,7H2,1H3. The summed E-state index contributed by atoms with van der Waals surface area (Å²) in [7, 11) is 1.62. The van der Waals surface area contributed by atoms with Gasteiger partial charge < -0.3 is 4.74 Å². The molecule has 0 N–H and O–H groups in total. The van der Waals surface area contributed by atoms with Crippen LogP contribution in [0.3, 0.4) is 0 Å². The molecule has 0 bridgehead atoms. The Morgan fingerprint density at radius 3 is 2.67 bits per heavy atom. The highest BCUT2D eigenvalue weighted by atomic mass is 16.5. The quantitative estimate of drug-likeness (QED) is 0.758. The lowest BCUT2D eigenvalue weighted by atomic mass is 10.2. The summed E-state index contributed by atoms with van der Waals surface area (Å²) < 4.78 is 4.97. The lowest BCUT2D eigenvalue weighted by Crippen LogP contribution is -1.99. The van der Waals surface area contributed by atoms with E-state index in [1.54, 1.807) is 7.11 Å². The molecule has 76 valence electrons. The zero-order valence-electron chi connectivity index (χ0n) is 8.42. The van der Waals surface area contributed by atoms with E-state index >= 15 is 0 Å². The number of hydrogen-bond acceptors (Lipinski definition) is 4. The summed E-state index contributed by atoms with van der Waals surface area (Å²) >= 11 is 0. The molecular formula is C11H11N3O. The molecule has 0 atom stereocenters. The van der Waals surface area contributed by atoms with Gasteiger partial charge in [-0.05, 0) is 0 Å². The van der Waals surface area contributed by atoms with Gasteiger partial charge in [-0.15, -0.1) is 0 Å². The first-order chi connectivity index (χ1) is 7.40. The van der Waals surface area contributed by atoms with Crippen LogP contribution in [0.5, 0.6) is 0 Å². The van der Waals surface area contributed by atoms with Crippen molar-refractivity contribution in [2.45, 2.75) is 6.61 Å². The van der Waals surface area contributed by atoms with Crippen LogP contribution in [0.25, 0.3) is 11.4 Å². The lowest BCUT2D eigenvalue weighted by Gasteiger charge is -2.01. The van der Waals surface area contributed by atoms with Gasteiger partial charge in [-0.1, -0.05) is 30.3 Å². The number of hydrogen-bond donors (Lipinski definition) is 0. The average Bonchev–Trinajstić information content (AvgIpc) is 2.31. The van der Waals surface area contributed by atoms with Gasteiger partial charge in [-0.25, -0.2) is 15.0 Å². The van der Waals surface area contributed by atoms with Crippen LogP contribution in [-0.2, 0) is 11.3 Å². The maximum absolute atomic E-state index is 4.97. The van der Waals surface area contributed by atoms with Gasteiger partial charge in [0.05, 0.1) is 0 Å². The Bertz CT molecular complexity index is 431. The van der Waals surface area contributed by atoms with E-state index in [9.17, 15) is 0 Å². The Labute approximate surface area is 88.0 Å². The predicted octanol–water partition coefficient (Wildman–Crippen LogP) is 1.68. The van der Waals surface area contributed by atoms with Crippen LogP contribution in [0.2, 0.25) is 0 Å². The smallest absolute Gasteiger partial charge is 0.163 e. The minimum Gasteiger partial charge on any atom is -0.377 e. The SMILES string of the molecule is COCc1ncnc(-c2ccccc2)n1. The summed E-state index contributed by atoms with van der Waals surface area (Å²) in [6.07, 6.45) is 1.50. The molecule has 1 heterocycles. The third kappa shape index (κ3) is 2.35. The van der Waals surface area contributed by atoms with Crippen LogP contribution in [0.4, 0.5) is 0 Å². The van der Waals surface area contributed by atoms with E-state index in [0.717, 1.165) is 5.56 Å². The number of aromatic nitrogens is 3. The number of benzene rings is 1. The highest BCUT2D eigenvalue weighted by Gasteiger charge is 2.02. The minimum atomic E-state index is 0.405. The van der Waals surface area contributed by atoms with Crippen molar-refractivity contribution >= 4 is 0 Å². The van der Waals surface area contributed by atoms with Gasteiger partial charge in [0.15, 0.2) is 11.6 Å². The van der Waals surface area contributed by atoms with Gasteiger partial charge in [-0.2, -0.15) is 0 Å². The molecule has 0 fully saturated rings. The van der Waals surface area contributed by atoms with Crippen molar-refractivity contribution in [1.82, 2.24) is 15.0 Å². The van der Waals surface area contributed by atoms with Crippen molar-refractivity contribution in [2.75, 3.05) is 7.11 Å². The fraction of sp³-hybridized carbons (Fsp3) is 0.182. The highest BCUT2D eigenvalue weighted by molar-refractivity contribution is 5.53. The number of nitrogens with zero attached hydrogens (tertiary/aromatic N) is 3. The highest BCUT2D eigenvalue weighted by Crippen LogP contribution is 2.12. The summed E-state index contributed by atoms with van der Waals surface area (Å²) in [6.45, 7) is 0.405. The van der Waals surface area contributed by atoms with E-state index in [-0.39, 0.29) is 0 Å². The summed E-state index contributed by atoms with van der Waals surface area (Å²) in [6, 6.07) is 9.79. The van der Waals surface area contributed by atoms with Crippen LogP contribution >= 0.6 is 0 Å². The van der Waals surface area contributed by atoms with Gasteiger partial charge in [0.1, 0.15) is 12.9 Å². The minimum absolute atomic E-state index is 0.405. The summed E-state index contributed by atoms with van der Waals surface area (Å²) in [5, 5.41) is 0. The van der Waals surface area contributed by atoms with Crippen molar-refractivity contribution < 1.29 is 4.74 Å².